The third-order valence-electron chi connectivity index (χ3n) is 3.88. The Labute approximate surface area is 105 Å². The Morgan fingerprint density at radius 3 is 2.47 bits per heavy atom. The number of hydrogen-bond acceptors (Lipinski definition) is 2. The van der Waals surface area contributed by atoms with E-state index in [-0.39, 0.29) is 6.04 Å². The molecule has 94 valence electrons. The molecule has 17 heavy (non-hydrogen) atoms. The van der Waals surface area contributed by atoms with Gasteiger partial charge in [0.25, 0.3) is 0 Å². The van der Waals surface area contributed by atoms with E-state index in [0.29, 0.717) is 12.1 Å². The molecular formula is C15H24N2. The first kappa shape index (κ1) is 12.6. The van der Waals surface area contributed by atoms with Crippen LogP contribution in [0, 0.1) is 0 Å². The highest BCUT2D eigenvalue weighted by Gasteiger charge is 2.33. The molecule has 2 nitrogen and oxygen atoms in total. The van der Waals surface area contributed by atoms with Crippen LogP contribution in [0.3, 0.4) is 0 Å². The second-order valence-electron chi connectivity index (χ2n) is 5.32. The number of nitrogens with zero attached hydrogens (tertiary/aromatic N) is 1. The van der Waals surface area contributed by atoms with Gasteiger partial charge in [0.1, 0.15) is 0 Å². The molecule has 0 aromatic heterocycles. The molecule has 1 heterocycles. The summed E-state index contributed by atoms with van der Waals surface area (Å²) >= 11 is 0. The largest absolute Gasteiger partial charge is 0.326 e. The Hall–Kier alpha value is -0.860. The Morgan fingerprint density at radius 2 is 1.94 bits per heavy atom. The molecule has 0 unspecified atom stereocenters. The van der Waals surface area contributed by atoms with Crippen molar-refractivity contribution in [3.63, 3.8) is 0 Å². The Bertz CT molecular complexity index is 356. The highest BCUT2D eigenvalue weighted by Crippen LogP contribution is 2.32. The zero-order valence-corrected chi connectivity index (χ0v) is 11.2. The minimum atomic E-state index is 0.282. The van der Waals surface area contributed by atoms with Gasteiger partial charge in [0, 0.05) is 18.6 Å². The number of nitrogens with two attached hydrogens (primary N) is 1. The number of benzene rings is 1. The topological polar surface area (TPSA) is 29.3 Å². The summed E-state index contributed by atoms with van der Waals surface area (Å²) in [5.74, 6) is 0. The standard InChI is InChI=1S/C15H24N2/c1-4-12-5-7-13(8-6-12)15-14(16)9-10-17(15)11(2)3/h5-8,11,14-15H,4,9-10,16H2,1-3H3/t14-,15+/m1/s1. The third-order valence-corrected chi connectivity index (χ3v) is 3.88. The van der Waals surface area contributed by atoms with Crippen molar-refractivity contribution in [2.45, 2.75) is 51.7 Å². The number of rotatable bonds is 3. The summed E-state index contributed by atoms with van der Waals surface area (Å²) in [6.07, 6.45) is 2.21. The SMILES string of the molecule is CCc1ccc([C@H]2[C@H](N)CCN2C(C)C)cc1. The first-order chi connectivity index (χ1) is 8.13. The van der Waals surface area contributed by atoms with Crippen LogP contribution in [0.1, 0.15) is 44.4 Å². The summed E-state index contributed by atoms with van der Waals surface area (Å²) in [6.45, 7) is 7.83. The zero-order valence-electron chi connectivity index (χ0n) is 11.2. The van der Waals surface area contributed by atoms with E-state index in [4.69, 9.17) is 5.73 Å². The van der Waals surface area contributed by atoms with E-state index in [9.17, 15) is 0 Å². The van der Waals surface area contributed by atoms with Gasteiger partial charge in [-0.1, -0.05) is 31.2 Å². The maximum Gasteiger partial charge on any atom is 0.0502 e. The molecule has 0 radical (unpaired) electrons. The summed E-state index contributed by atoms with van der Waals surface area (Å²) < 4.78 is 0. The molecule has 2 atom stereocenters. The van der Waals surface area contributed by atoms with Gasteiger partial charge in [-0.25, -0.2) is 0 Å². The van der Waals surface area contributed by atoms with Crippen molar-refractivity contribution in [3.05, 3.63) is 35.4 Å². The summed E-state index contributed by atoms with van der Waals surface area (Å²) in [4.78, 5) is 2.52. The molecule has 2 rings (SSSR count). The molecule has 1 fully saturated rings. The molecule has 0 aliphatic carbocycles. The van der Waals surface area contributed by atoms with E-state index in [2.05, 4.69) is 49.9 Å². The summed E-state index contributed by atoms with van der Waals surface area (Å²) in [6, 6.07) is 10.2. The average molecular weight is 232 g/mol. The van der Waals surface area contributed by atoms with Crippen molar-refractivity contribution in [1.82, 2.24) is 4.90 Å². The molecule has 1 saturated heterocycles. The molecule has 0 saturated carbocycles. The normalized spacial score (nSPS) is 25.7. The van der Waals surface area contributed by atoms with Crippen LogP contribution in [0.15, 0.2) is 24.3 Å². The second-order valence-corrected chi connectivity index (χ2v) is 5.32. The molecule has 1 aromatic carbocycles. The highest BCUT2D eigenvalue weighted by molar-refractivity contribution is 5.27. The van der Waals surface area contributed by atoms with Gasteiger partial charge in [-0.15, -0.1) is 0 Å². The number of hydrogen-bond donors (Lipinski definition) is 1. The highest BCUT2D eigenvalue weighted by atomic mass is 15.2. The van der Waals surface area contributed by atoms with Crippen LogP contribution < -0.4 is 5.73 Å². The van der Waals surface area contributed by atoms with Gasteiger partial charge in [0.15, 0.2) is 0 Å². The predicted octanol–water partition coefficient (Wildman–Crippen LogP) is 2.73. The smallest absolute Gasteiger partial charge is 0.0502 e. The predicted molar refractivity (Wildman–Crippen MR) is 73.0 cm³/mol. The molecule has 2 N–H and O–H groups in total. The average Bonchev–Trinajstić information content (AvgIpc) is 2.71. The maximum atomic E-state index is 6.27. The molecule has 0 bridgehead atoms. The molecule has 2 heteroatoms. The van der Waals surface area contributed by atoms with Crippen LogP contribution in [0.4, 0.5) is 0 Å². The number of aryl methyl sites for hydroxylation is 1. The lowest BCUT2D eigenvalue weighted by atomic mass is 9.98. The lowest BCUT2D eigenvalue weighted by molar-refractivity contribution is 0.198. The van der Waals surface area contributed by atoms with E-state index < -0.39 is 0 Å². The first-order valence-electron chi connectivity index (χ1n) is 6.73. The first-order valence-corrected chi connectivity index (χ1v) is 6.73. The minimum Gasteiger partial charge on any atom is -0.326 e. The number of likely N-dealkylation sites (tertiary alicyclic amines) is 1. The monoisotopic (exact) mass is 232 g/mol. The van der Waals surface area contributed by atoms with Crippen LogP contribution in [-0.4, -0.2) is 23.5 Å². The van der Waals surface area contributed by atoms with Crippen molar-refractivity contribution >= 4 is 0 Å². The van der Waals surface area contributed by atoms with Crippen molar-refractivity contribution in [2.24, 2.45) is 5.73 Å². The summed E-state index contributed by atoms with van der Waals surface area (Å²) in [7, 11) is 0. The summed E-state index contributed by atoms with van der Waals surface area (Å²) in [5, 5.41) is 0. The summed E-state index contributed by atoms with van der Waals surface area (Å²) in [5.41, 5.74) is 9.04. The fourth-order valence-corrected chi connectivity index (χ4v) is 2.81. The van der Waals surface area contributed by atoms with Gasteiger partial charge in [-0.05, 0) is 37.8 Å². The van der Waals surface area contributed by atoms with Crippen LogP contribution in [0.25, 0.3) is 0 Å². The van der Waals surface area contributed by atoms with Crippen molar-refractivity contribution in [3.8, 4) is 0 Å². The van der Waals surface area contributed by atoms with Crippen LogP contribution >= 0.6 is 0 Å². The van der Waals surface area contributed by atoms with Gasteiger partial charge in [0.05, 0.1) is 6.04 Å². The lowest BCUT2D eigenvalue weighted by Gasteiger charge is -2.30. The fourth-order valence-electron chi connectivity index (χ4n) is 2.81. The van der Waals surface area contributed by atoms with Crippen molar-refractivity contribution < 1.29 is 0 Å². The quantitative estimate of drug-likeness (QED) is 0.868. The van der Waals surface area contributed by atoms with E-state index in [0.717, 1.165) is 19.4 Å². The fraction of sp³-hybridized carbons (Fsp3) is 0.600. The Morgan fingerprint density at radius 1 is 1.29 bits per heavy atom. The zero-order chi connectivity index (χ0) is 12.4. The molecule has 0 spiro atoms. The van der Waals surface area contributed by atoms with Crippen LogP contribution in [0.5, 0.6) is 0 Å². The van der Waals surface area contributed by atoms with E-state index >= 15 is 0 Å². The van der Waals surface area contributed by atoms with E-state index in [1.807, 2.05) is 0 Å². The molecule has 1 aromatic rings. The van der Waals surface area contributed by atoms with Gasteiger partial charge >= 0.3 is 0 Å². The van der Waals surface area contributed by atoms with Gasteiger partial charge in [-0.3, -0.25) is 4.90 Å². The van der Waals surface area contributed by atoms with Gasteiger partial charge in [-0.2, -0.15) is 0 Å². The van der Waals surface area contributed by atoms with E-state index in [1.54, 1.807) is 0 Å². The van der Waals surface area contributed by atoms with Gasteiger partial charge in [0.2, 0.25) is 0 Å². The van der Waals surface area contributed by atoms with Gasteiger partial charge < -0.3 is 5.73 Å². The van der Waals surface area contributed by atoms with Crippen molar-refractivity contribution in [2.75, 3.05) is 6.54 Å². The minimum absolute atomic E-state index is 0.282. The maximum absolute atomic E-state index is 6.27. The lowest BCUT2D eigenvalue weighted by Crippen LogP contribution is -2.35. The Balaban J connectivity index is 2.23. The molecule has 1 aliphatic rings. The molecule has 1 aliphatic heterocycles. The second kappa shape index (κ2) is 5.19. The third kappa shape index (κ3) is 2.53. The Kier molecular flexibility index (Phi) is 3.85. The van der Waals surface area contributed by atoms with Crippen molar-refractivity contribution in [1.29, 1.82) is 0 Å². The van der Waals surface area contributed by atoms with Crippen LogP contribution in [-0.2, 0) is 6.42 Å². The van der Waals surface area contributed by atoms with Crippen LogP contribution in [0.2, 0.25) is 0 Å². The molecular weight excluding hydrogens is 208 g/mol. The van der Waals surface area contributed by atoms with E-state index in [1.165, 1.54) is 11.1 Å². The molecule has 0 amide bonds.